The molecule has 0 fully saturated rings. The van der Waals surface area contributed by atoms with Crippen molar-refractivity contribution in [3.05, 3.63) is 204 Å². The average Bonchev–Trinajstić information content (AvgIpc) is 1.94. The second kappa shape index (κ2) is 41.8. The van der Waals surface area contributed by atoms with Gasteiger partial charge in [0.05, 0.1) is 77.1 Å². The molecule has 0 amide bonds. The van der Waals surface area contributed by atoms with Crippen molar-refractivity contribution in [2.75, 3.05) is 7.15 Å². The number of benzene rings is 3. The SMILES string of the molecule is CC(C)(C#N)c1ccc(-n2c(-c3cc(Cl)ccn3)c[nH]c2=O)cc1.CC(C)(C#N)c1ccc(-n2c(-c3cc(Cl)ccn3)c[nH]c2=O)cc1.CC(C)(C#N)c1ccc(CC(=O)CCC(=O)c2cc(Cl)ccn2)cc1.[2H]CF.[I][V]([I])[I].[I][V]([I])[I].[I][V][I]. The van der Waals surface area contributed by atoms with Gasteiger partial charge in [0, 0.05) is 65.3 Å². The molecule has 0 saturated carbocycles. The summed E-state index contributed by atoms with van der Waals surface area (Å²) < 4.78 is 18.6. The zero-order valence-electron chi connectivity index (χ0n) is 47.2. The van der Waals surface area contributed by atoms with Crippen molar-refractivity contribution in [3.8, 4) is 52.4 Å². The number of hydrogen-bond donors (Lipinski definition) is 2. The number of nitrogens with zero attached hydrogens (tertiary/aromatic N) is 8. The first-order chi connectivity index (χ1) is 40.9. The van der Waals surface area contributed by atoms with Crippen molar-refractivity contribution >= 4 is 206 Å². The quantitative estimate of drug-likeness (QED) is 0.0821. The molecule has 8 rings (SSSR count). The Morgan fingerprint density at radius 1 is 0.593 bits per heavy atom. The predicted octanol–water partition coefficient (Wildman–Crippen LogP) is 19.3. The van der Waals surface area contributed by atoms with Crippen LogP contribution in [0.5, 0.6) is 0 Å². The van der Waals surface area contributed by atoms with Gasteiger partial charge in [0.15, 0.2) is 5.78 Å². The van der Waals surface area contributed by atoms with Crippen LogP contribution in [-0.4, -0.2) is 52.8 Å². The van der Waals surface area contributed by atoms with Crippen molar-refractivity contribution in [3.63, 3.8) is 0 Å². The van der Waals surface area contributed by atoms with E-state index >= 15 is 0 Å². The number of alkyl halides is 1. The first kappa shape index (κ1) is 79.6. The topological polar surface area (TPSA) is 220 Å². The summed E-state index contributed by atoms with van der Waals surface area (Å²) in [6, 6.07) is 38.8. The van der Waals surface area contributed by atoms with Gasteiger partial charge < -0.3 is 9.97 Å². The minimum absolute atomic E-state index is 0.0114. The predicted molar refractivity (Wildman–Crippen MR) is 402 cm³/mol. The Balaban J connectivity index is 0.000000400. The van der Waals surface area contributed by atoms with Crippen LogP contribution in [0.4, 0.5) is 4.39 Å². The van der Waals surface area contributed by atoms with E-state index in [9.17, 15) is 34.1 Å². The molecule has 453 valence electrons. The molecular weight excluding hydrogens is 2180 g/mol. The molecule has 5 heterocycles. The molecule has 29 heteroatoms. The molecule has 0 bridgehead atoms. The van der Waals surface area contributed by atoms with Gasteiger partial charge in [-0.05, 0) is 124 Å². The molecule has 0 saturated heterocycles. The van der Waals surface area contributed by atoms with E-state index in [1.165, 1.54) is 21.4 Å². The number of ketones is 2. The van der Waals surface area contributed by atoms with Crippen molar-refractivity contribution in [1.29, 1.82) is 15.8 Å². The Morgan fingerprint density at radius 2 is 0.907 bits per heavy atom. The molecule has 0 unspecified atom stereocenters. The molecule has 3 aromatic carbocycles. The first-order valence-corrected chi connectivity index (χ1v) is 61.5. The normalized spacial score (nSPS) is 10.7. The van der Waals surface area contributed by atoms with Crippen LogP contribution < -0.4 is 11.4 Å². The summed E-state index contributed by atoms with van der Waals surface area (Å²) >= 11 is 37.4. The molecular formula is C57H52Cl3FI8N10O4V3. The molecule has 2 N–H and O–H groups in total. The number of halogens is 12. The number of aromatic nitrogens is 7. The van der Waals surface area contributed by atoms with Gasteiger partial charge in [-0.25, -0.2) is 9.59 Å². The molecule has 0 radical (unpaired) electrons. The monoisotopic (exact) mass is 2230 g/mol. The fourth-order valence-corrected chi connectivity index (χ4v) is 7.74. The van der Waals surface area contributed by atoms with Gasteiger partial charge >= 0.3 is 191 Å². The molecule has 86 heavy (non-hydrogen) atoms. The number of rotatable bonds is 13. The molecule has 5 aromatic heterocycles. The number of carbonyl (C=O) groups excluding carboxylic acids is 2. The standard InChI is InChI=1S/C20H19ClN2O2.2C18H15ClN4O.CH3F.8HI.3V/c1-20(2,13-22)15-5-3-14(4-6-15)11-17(24)7-8-19(25)18-12-16(21)9-10-23-18;2*1-18(2,11-20)12-3-5-14(6-4-12)23-16(10-22-17(23)24)15-9-13(19)7-8-21-15;1-2;;;;;;;;;;;/h3-6,9-10,12H,7-8,11H2,1-2H3;2*3-10H,1-2H3,(H,22,24);1H3;8*1H;;;/q;;;;;;;;;;;;+2;2*+3/p-8/i;;;1D;;;;;;;;;;;. The van der Waals surface area contributed by atoms with Gasteiger partial charge in [0.1, 0.15) is 11.5 Å². The Morgan fingerprint density at radius 3 is 1.22 bits per heavy atom. The van der Waals surface area contributed by atoms with Gasteiger partial charge in [0.2, 0.25) is 0 Å². The van der Waals surface area contributed by atoms with Crippen molar-refractivity contribution in [1.82, 2.24) is 34.1 Å². The maximum atomic E-state index is 12.2. The summed E-state index contributed by atoms with van der Waals surface area (Å²) in [6.45, 7) is 11.1. The third kappa shape index (κ3) is 28.3. The number of carbonyl (C=O) groups is 2. The number of nitriles is 3. The molecule has 0 aliphatic carbocycles. The average molecular weight is 2240 g/mol. The molecule has 0 aliphatic heterocycles. The van der Waals surface area contributed by atoms with Gasteiger partial charge in [0.25, 0.3) is 0 Å². The van der Waals surface area contributed by atoms with Crippen LogP contribution in [0.2, 0.25) is 15.1 Å². The van der Waals surface area contributed by atoms with Gasteiger partial charge in [-0.1, -0.05) is 83.3 Å². The van der Waals surface area contributed by atoms with Crippen LogP contribution in [0.3, 0.4) is 0 Å². The number of imidazole rings is 2. The van der Waals surface area contributed by atoms with E-state index in [2.05, 4.69) is 203 Å². The molecule has 8 aromatic rings. The fourth-order valence-electron chi connectivity index (χ4n) is 7.26. The minimum atomic E-state index is -1.00. The molecule has 0 atom stereocenters. The van der Waals surface area contributed by atoms with E-state index in [0.29, 0.717) is 58.7 Å². The molecule has 14 nitrogen and oxygen atoms in total. The van der Waals surface area contributed by atoms with Gasteiger partial charge in [-0.2, -0.15) is 15.8 Å². The summed E-state index contributed by atoms with van der Waals surface area (Å²) in [6.07, 6.45) is 8.42. The third-order valence-corrected chi connectivity index (χ3v) is 12.5. The second-order valence-corrected chi connectivity index (χ2v) is 103. The Bertz CT molecular complexity index is 3560. The summed E-state index contributed by atoms with van der Waals surface area (Å²) in [5.41, 5.74) is 5.40. The maximum absolute atomic E-state index is 12.2. The number of pyridine rings is 3. The molecule has 0 aliphatic rings. The number of nitrogens with one attached hydrogen (secondary N) is 2. The van der Waals surface area contributed by atoms with Crippen LogP contribution >= 0.6 is 195 Å². The third-order valence-electron chi connectivity index (χ3n) is 11.8. The first-order valence-electron chi connectivity index (χ1n) is 25.0. The second-order valence-electron chi connectivity index (χ2n) is 18.8. The number of Topliss-reactive ketones (excluding diaryl/α,β-unsaturated/α-hetero) is 2. The summed E-state index contributed by atoms with van der Waals surface area (Å²) in [5.74, 6) is -0.204. The summed E-state index contributed by atoms with van der Waals surface area (Å²) in [7, 11) is -0.373. The number of aromatic amines is 2. The van der Waals surface area contributed by atoms with E-state index in [0.717, 1.165) is 22.3 Å². The van der Waals surface area contributed by atoms with Crippen LogP contribution in [0.15, 0.2) is 150 Å². The zero-order chi connectivity index (χ0) is 65.7. The van der Waals surface area contributed by atoms with Crippen molar-refractivity contribution in [2.45, 2.75) is 77.0 Å². The van der Waals surface area contributed by atoms with Crippen molar-refractivity contribution in [2.24, 2.45) is 0 Å². The Labute approximate surface area is 620 Å². The van der Waals surface area contributed by atoms with Gasteiger partial charge in [-0.3, -0.25) is 38.1 Å². The van der Waals surface area contributed by atoms with E-state index in [4.69, 9.17) is 41.4 Å². The number of hydrogen-bond acceptors (Lipinski definition) is 10. The molecule has 0 spiro atoms. The zero-order valence-corrected chi connectivity index (χ0v) is 69.9. The van der Waals surface area contributed by atoms with E-state index in [1.807, 2.05) is 114 Å². The van der Waals surface area contributed by atoms with E-state index in [1.54, 1.807) is 55.1 Å². The fraction of sp³-hybridized carbons (Fsp3) is 0.228. The van der Waals surface area contributed by atoms with Gasteiger partial charge in [-0.15, -0.1) is 0 Å². The Hall–Kier alpha value is -0.667. The number of H-pyrrole nitrogens is 2. The van der Waals surface area contributed by atoms with Crippen molar-refractivity contribution < 1.29 is 34.7 Å². The summed E-state index contributed by atoms with van der Waals surface area (Å²) in [4.78, 5) is 65.9. The van der Waals surface area contributed by atoms with Crippen LogP contribution in [-0.2, 0) is 46.8 Å². The Kier molecular flexibility index (Phi) is 38.7. The van der Waals surface area contributed by atoms with Crippen LogP contribution in [0.1, 0.15) is 88.5 Å². The van der Waals surface area contributed by atoms with Crippen LogP contribution in [0, 0.1) is 34.0 Å². The van der Waals surface area contributed by atoms with E-state index < -0.39 is 23.4 Å². The summed E-state index contributed by atoms with van der Waals surface area (Å²) in [5, 5.41) is 29.2. The van der Waals surface area contributed by atoms with Crippen LogP contribution in [0.25, 0.3) is 34.2 Å². The van der Waals surface area contributed by atoms with E-state index in [-0.39, 0.29) is 57.7 Å².